The highest BCUT2D eigenvalue weighted by Gasteiger charge is 2.34. The van der Waals surface area contributed by atoms with Gasteiger partial charge in [-0.3, -0.25) is 13.9 Å². The molecule has 8 nitrogen and oxygen atoms in total. The molecule has 3 aromatic carbocycles. The molecule has 10 heteroatoms. The summed E-state index contributed by atoms with van der Waals surface area (Å²) in [5.41, 5.74) is 1.87. The quantitative estimate of drug-likeness (QED) is 0.262. The molecule has 0 aliphatic heterocycles. The highest BCUT2D eigenvalue weighted by molar-refractivity contribution is 7.92. The lowest BCUT2D eigenvalue weighted by Gasteiger charge is -2.34. The van der Waals surface area contributed by atoms with Gasteiger partial charge in [-0.25, -0.2) is 8.42 Å². The number of carbonyl (C=O) groups is 2. The van der Waals surface area contributed by atoms with Crippen molar-refractivity contribution in [2.45, 2.75) is 75.9 Å². The Morgan fingerprint density at radius 2 is 1.63 bits per heavy atom. The molecule has 3 aromatic rings. The third-order valence-corrected chi connectivity index (χ3v) is 9.94. The Kier molecular flexibility index (Phi) is 11.1. The van der Waals surface area contributed by atoms with Gasteiger partial charge in [-0.1, -0.05) is 68.1 Å². The summed E-state index contributed by atoms with van der Waals surface area (Å²) in [5, 5.41) is 3.57. The lowest BCUT2D eigenvalue weighted by Crippen LogP contribution is -2.54. The van der Waals surface area contributed by atoms with Crippen LogP contribution < -0.4 is 14.4 Å². The number of benzene rings is 3. The molecule has 0 radical (unpaired) electrons. The lowest BCUT2D eigenvalue weighted by atomic mass is 9.95. The van der Waals surface area contributed by atoms with E-state index < -0.39 is 28.5 Å². The fourth-order valence-corrected chi connectivity index (χ4v) is 7.09. The zero-order valence-electron chi connectivity index (χ0n) is 25.0. The van der Waals surface area contributed by atoms with Crippen LogP contribution >= 0.6 is 11.6 Å². The van der Waals surface area contributed by atoms with Crippen LogP contribution in [0.3, 0.4) is 0 Å². The summed E-state index contributed by atoms with van der Waals surface area (Å²) in [4.78, 5) is 29.5. The number of carbonyl (C=O) groups excluding carboxylic acids is 2. The number of nitrogens with zero attached hydrogens (tertiary/aromatic N) is 2. The zero-order valence-corrected chi connectivity index (χ0v) is 26.5. The minimum atomic E-state index is -4.17. The number of ether oxygens (including phenoxy) is 1. The third kappa shape index (κ3) is 8.09. The van der Waals surface area contributed by atoms with Gasteiger partial charge < -0.3 is 15.0 Å². The number of amides is 2. The molecule has 1 aliphatic carbocycles. The first-order valence-corrected chi connectivity index (χ1v) is 16.5. The van der Waals surface area contributed by atoms with Gasteiger partial charge >= 0.3 is 0 Å². The fourth-order valence-electron chi connectivity index (χ4n) is 5.48. The number of methoxy groups -OCH3 is 1. The van der Waals surface area contributed by atoms with Crippen molar-refractivity contribution in [2.24, 2.45) is 0 Å². The standard InChI is InChI=1S/C33H40ClN3O5S/c1-4-30(33(39)35-27-11-6-5-7-12-27)36(22-25-14-18-28(42-3)19-15-25)32(38)23-37(31-13-9-8-10-24(31)2)43(40,41)29-20-16-26(34)17-21-29/h8-10,13-21,27,30H,4-7,11-12,22-23H2,1-3H3,(H,35,39)/t30-/m0/s1. The van der Waals surface area contributed by atoms with Crippen LogP contribution in [0.4, 0.5) is 5.69 Å². The van der Waals surface area contributed by atoms with E-state index in [0.717, 1.165) is 42.0 Å². The number of hydrogen-bond acceptors (Lipinski definition) is 5. The van der Waals surface area contributed by atoms with Crippen molar-refractivity contribution < 1.29 is 22.7 Å². The molecule has 1 aliphatic rings. The van der Waals surface area contributed by atoms with Gasteiger partial charge in [0.2, 0.25) is 11.8 Å². The number of nitrogens with one attached hydrogen (secondary N) is 1. The number of sulfonamides is 1. The van der Waals surface area contributed by atoms with Gasteiger partial charge in [0.15, 0.2) is 0 Å². The van der Waals surface area contributed by atoms with E-state index in [1.165, 1.54) is 29.2 Å². The predicted octanol–water partition coefficient (Wildman–Crippen LogP) is 6.11. The molecule has 0 saturated heterocycles. The number of rotatable bonds is 12. The molecule has 0 unspecified atom stereocenters. The Hall–Kier alpha value is -3.56. The summed E-state index contributed by atoms with van der Waals surface area (Å²) in [6, 6.07) is 19.4. The van der Waals surface area contributed by atoms with Gasteiger partial charge in [0.1, 0.15) is 18.3 Å². The topological polar surface area (TPSA) is 96.0 Å². The number of anilines is 1. The molecular formula is C33H40ClN3O5S. The maximum absolute atomic E-state index is 14.3. The van der Waals surface area contributed by atoms with Gasteiger partial charge in [0, 0.05) is 17.6 Å². The molecule has 1 atom stereocenters. The van der Waals surface area contributed by atoms with Crippen molar-refractivity contribution in [3.05, 3.63) is 88.9 Å². The van der Waals surface area contributed by atoms with E-state index in [1.54, 1.807) is 44.4 Å². The van der Waals surface area contributed by atoms with E-state index in [2.05, 4.69) is 5.32 Å². The Bertz CT molecular complexity index is 1490. The minimum absolute atomic E-state index is 0.0109. The first kappa shape index (κ1) is 32.4. The average Bonchev–Trinajstić information content (AvgIpc) is 3.01. The van der Waals surface area contributed by atoms with Crippen molar-refractivity contribution in [1.29, 1.82) is 0 Å². The first-order valence-electron chi connectivity index (χ1n) is 14.7. The van der Waals surface area contributed by atoms with Crippen molar-refractivity contribution in [3.8, 4) is 5.75 Å². The lowest BCUT2D eigenvalue weighted by molar-refractivity contribution is -0.140. The largest absolute Gasteiger partial charge is 0.497 e. The van der Waals surface area contributed by atoms with E-state index >= 15 is 0 Å². The number of halogens is 1. The SMILES string of the molecule is CC[C@@H](C(=O)NC1CCCCC1)N(Cc1ccc(OC)cc1)C(=O)CN(c1ccccc1C)S(=O)(=O)c1ccc(Cl)cc1. The monoisotopic (exact) mass is 625 g/mol. The van der Waals surface area contributed by atoms with Crippen LogP contribution in [0.5, 0.6) is 5.75 Å². The van der Waals surface area contributed by atoms with E-state index in [4.69, 9.17) is 16.3 Å². The van der Waals surface area contributed by atoms with Crippen LogP contribution in [0, 0.1) is 6.92 Å². The van der Waals surface area contributed by atoms with E-state index in [-0.39, 0.29) is 23.4 Å². The van der Waals surface area contributed by atoms with Crippen LogP contribution in [0.15, 0.2) is 77.7 Å². The maximum atomic E-state index is 14.3. The molecule has 230 valence electrons. The molecule has 43 heavy (non-hydrogen) atoms. The summed E-state index contributed by atoms with van der Waals surface area (Å²) >= 11 is 6.04. The molecule has 1 saturated carbocycles. The number of hydrogen-bond donors (Lipinski definition) is 1. The second-order valence-corrected chi connectivity index (χ2v) is 13.2. The van der Waals surface area contributed by atoms with Gasteiger partial charge in [0.25, 0.3) is 10.0 Å². The minimum Gasteiger partial charge on any atom is -0.497 e. The second-order valence-electron chi connectivity index (χ2n) is 10.9. The van der Waals surface area contributed by atoms with E-state index in [1.807, 2.05) is 25.1 Å². The van der Waals surface area contributed by atoms with Crippen LogP contribution in [0.1, 0.15) is 56.6 Å². The molecule has 1 N–H and O–H groups in total. The normalized spacial score (nSPS) is 14.5. The molecule has 2 amide bonds. The van der Waals surface area contributed by atoms with Crippen molar-refractivity contribution in [1.82, 2.24) is 10.2 Å². The highest BCUT2D eigenvalue weighted by Crippen LogP contribution is 2.28. The first-order chi connectivity index (χ1) is 20.6. The van der Waals surface area contributed by atoms with Crippen molar-refractivity contribution in [2.75, 3.05) is 18.0 Å². The molecule has 0 bridgehead atoms. The Labute approximate surface area is 260 Å². The summed E-state index contributed by atoms with van der Waals surface area (Å²) in [6.07, 6.45) is 5.47. The Morgan fingerprint density at radius 1 is 0.977 bits per heavy atom. The van der Waals surface area contributed by atoms with E-state index in [0.29, 0.717) is 28.4 Å². The summed E-state index contributed by atoms with van der Waals surface area (Å²) in [6.45, 7) is 3.30. The molecule has 0 spiro atoms. The summed E-state index contributed by atoms with van der Waals surface area (Å²) in [5.74, 6) is -0.0370. The number of para-hydroxylation sites is 1. The van der Waals surface area contributed by atoms with Gasteiger partial charge in [0.05, 0.1) is 17.7 Å². The molecule has 1 fully saturated rings. The summed E-state index contributed by atoms with van der Waals surface area (Å²) in [7, 11) is -2.59. The third-order valence-electron chi connectivity index (χ3n) is 7.91. The van der Waals surface area contributed by atoms with Crippen LogP contribution in [0.2, 0.25) is 5.02 Å². The Morgan fingerprint density at radius 3 is 2.23 bits per heavy atom. The molecule has 0 aromatic heterocycles. The fraction of sp³-hybridized carbons (Fsp3) is 0.394. The number of aryl methyl sites for hydroxylation is 1. The highest BCUT2D eigenvalue weighted by atomic mass is 35.5. The zero-order chi connectivity index (χ0) is 31.0. The predicted molar refractivity (Wildman–Crippen MR) is 170 cm³/mol. The van der Waals surface area contributed by atoms with E-state index in [9.17, 15) is 18.0 Å². The molecular weight excluding hydrogens is 586 g/mol. The van der Waals surface area contributed by atoms with Crippen molar-refractivity contribution >= 4 is 39.1 Å². The second kappa shape index (κ2) is 14.8. The van der Waals surface area contributed by atoms with Crippen molar-refractivity contribution in [3.63, 3.8) is 0 Å². The molecule has 0 heterocycles. The summed E-state index contributed by atoms with van der Waals surface area (Å²) < 4.78 is 34.5. The van der Waals surface area contributed by atoms with Crippen LogP contribution in [-0.2, 0) is 26.2 Å². The van der Waals surface area contributed by atoms with Crippen LogP contribution in [0.25, 0.3) is 0 Å². The average molecular weight is 626 g/mol. The van der Waals surface area contributed by atoms with Crippen LogP contribution in [-0.4, -0.2) is 50.9 Å². The van der Waals surface area contributed by atoms with Gasteiger partial charge in [-0.05, 0) is 79.8 Å². The van der Waals surface area contributed by atoms with Gasteiger partial charge in [-0.15, -0.1) is 0 Å². The molecule has 4 rings (SSSR count). The van der Waals surface area contributed by atoms with Gasteiger partial charge in [-0.2, -0.15) is 0 Å². The smallest absolute Gasteiger partial charge is 0.264 e. The Balaban J connectivity index is 1.71. The maximum Gasteiger partial charge on any atom is 0.264 e.